The number of benzene rings is 1. The molecule has 6 nitrogen and oxygen atoms in total. The fourth-order valence-corrected chi connectivity index (χ4v) is 5.07. The summed E-state index contributed by atoms with van der Waals surface area (Å²) < 4.78 is 27.4. The van der Waals surface area contributed by atoms with Gasteiger partial charge in [0.1, 0.15) is 0 Å². The second-order valence-corrected chi connectivity index (χ2v) is 9.78. The van der Waals surface area contributed by atoms with Crippen LogP contribution in [-0.2, 0) is 14.8 Å². The van der Waals surface area contributed by atoms with E-state index in [0.717, 1.165) is 44.6 Å². The van der Waals surface area contributed by atoms with Crippen molar-refractivity contribution in [2.75, 3.05) is 32.7 Å². The Morgan fingerprint density at radius 3 is 2.25 bits per heavy atom. The minimum atomic E-state index is -3.58. The maximum atomic E-state index is 12.5. The Kier molecular flexibility index (Phi) is 8.30. The number of rotatable bonds is 6. The zero-order valence-corrected chi connectivity index (χ0v) is 18.3. The third-order valence-corrected chi connectivity index (χ3v) is 7.34. The number of amides is 1. The van der Waals surface area contributed by atoms with Gasteiger partial charge in [0.25, 0.3) is 0 Å². The standard InChI is InChI=1S/C20H31N3O3S.ClH/c1-15(2)16-3-5-19(6-4-16)27(25,26)22-10-7-20(24)23-11-8-17-13-21-14-18(17)9-12-23;/h3-6,15,17-18,21-22H,7-14H2,1-2H3;1H/t17-,18+;. The molecule has 2 atom stereocenters. The van der Waals surface area contributed by atoms with Gasteiger partial charge in [0.15, 0.2) is 0 Å². The first-order valence-corrected chi connectivity index (χ1v) is 11.4. The number of halogens is 1. The Morgan fingerprint density at radius 2 is 1.71 bits per heavy atom. The van der Waals surface area contributed by atoms with E-state index in [0.29, 0.717) is 17.8 Å². The van der Waals surface area contributed by atoms with Crippen LogP contribution in [0.4, 0.5) is 0 Å². The monoisotopic (exact) mass is 429 g/mol. The second kappa shape index (κ2) is 10.1. The molecule has 3 rings (SSSR count). The maximum Gasteiger partial charge on any atom is 0.240 e. The van der Waals surface area contributed by atoms with E-state index in [2.05, 4.69) is 23.9 Å². The van der Waals surface area contributed by atoms with Crippen molar-refractivity contribution in [2.24, 2.45) is 11.8 Å². The number of hydrogen-bond donors (Lipinski definition) is 2. The number of hydrogen-bond acceptors (Lipinski definition) is 4. The highest BCUT2D eigenvalue weighted by molar-refractivity contribution is 7.89. The van der Waals surface area contributed by atoms with Crippen LogP contribution in [0.25, 0.3) is 0 Å². The van der Waals surface area contributed by atoms with Crippen LogP contribution < -0.4 is 10.0 Å². The first kappa shape index (κ1) is 23.1. The molecule has 1 aromatic rings. The van der Waals surface area contributed by atoms with Crippen molar-refractivity contribution in [1.29, 1.82) is 0 Å². The van der Waals surface area contributed by atoms with Crippen molar-refractivity contribution >= 4 is 28.3 Å². The van der Waals surface area contributed by atoms with E-state index in [1.165, 1.54) is 0 Å². The Morgan fingerprint density at radius 1 is 1.14 bits per heavy atom. The Hall–Kier alpha value is -1.15. The summed E-state index contributed by atoms with van der Waals surface area (Å²) in [4.78, 5) is 14.6. The highest BCUT2D eigenvalue weighted by Crippen LogP contribution is 2.27. The zero-order chi connectivity index (χ0) is 19.4. The van der Waals surface area contributed by atoms with E-state index in [-0.39, 0.29) is 36.2 Å². The highest BCUT2D eigenvalue weighted by Gasteiger charge is 2.31. The van der Waals surface area contributed by atoms with Gasteiger partial charge in [0, 0.05) is 26.1 Å². The topological polar surface area (TPSA) is 78.5 Å². The van der Waals surface area contributed by atoms with Gasteiger partial charge in [-0.1, -0.05) is 26.0 Å². The summed E-state index contributed by atoms with van der Waals surface area (Å²) in [5, 5.41) is 3.43. The number of likely N-dealkylation sites (tertiary alicyclic amines) is 1. The summed E-state index contributed by atoms with van der Waals surface area (Å²) in [6.45, 7) is 7.96. The number of fused-ring (bicyclic) bond motifs is 1. The van der Waals surface area contributed by atoms with Crippen LogP contribution in [-0.4, -0.2) is 51.9 Å². The molecule has 0 unspecified atom stereocenters. The Balaban J connectivity index is 0.00000280. The van der Waals surface area contributed by atoms with Gasteiger partial charge in [-0.15, -0.1) is 12.4 Å². The predicted octanol–water partition coefficient (Wildman–Crippen LogP) is 2.36. The van der Waals surface area contributed by atoms with E-state index in [1.54, 1.807) is 12.1 Å². The van der Waals surface area contributed by atoms with Gasteiger partial charge in [0.2, 0.25) is 15.9 Å². The molecule has 1 amide bonds. The molecule has 2 N–H and O–H groups in total. The fourth-order valence-electron chi connectivity index (χ4n) is 4.03. The van der Waals surface area contributed by atoms with Gasteiger partial charge < -0.3 is 10.2 Å². The smallest absolute Gasteiger partial charge is 0.240 e. The number of sulfonamides is 1. The fraction of sp³-hybridized carbons (Fsp3) is 0.650. The maximum absolute atomic E-state index is 12.5. The molecule has 1 aromatic carbocycles. The number of nitrogens with one attached hydrogen (secondary N) is 2. The molecule has 0 spiro atoms. The van der Waals surface area contributed by atoms with Gasteiger partial charge in [-0.3, -0.25) is 4.79 Å². The molecule has 2 heterocycles. The van der Waals surface area contributed by atoms with E-state index in [4.69, 9.17) is 0 Å². The summed E-state index contributed by atoms with van der Waals surface area (Å²) in [7, 11) is -3.58. The minimum absolute atomic E-state index is 0. The second-order valence-electron chi connectivity index (χ2n) is 8.01. The van der Waals surface area contributed by atoms with Gasteiger partial charge in [0.05, 0.1) is 4.90 Å². The molecule has 0 aliphatic carbocycles. The van der Waals surface area contributed by atoms with Crippen molar-refractivity contribution in [1.82, 2.24) is 14.9 Å². The van der Waals surface area contributed by atoms with E-state index in [9.17, 15) is 13.2 Å². The Bertz CT molecular complexity index is 738. The van der Waals surface area contributed by atoms with Crippen molar-refractivity contribution in [3.8, 4) is 0 Å². The van der Waals surface area contributed by atoms with Crippen LogP contribution >= 0.6 is 12.4 Å². The van der Waals surface area contributed by atoms with Crippen molar-refractivity contribution in [2.45, 2.75) is 43.9 Å². The lowest BCUT2D eigenvalue weighted by Crippen LogP contribution is -2.35. The number of carbonyl (C=O) groups is 1. The van der Waals surface area contributed by atoms with Gasteiger partial charge in [-0.05, 0) is 61.4 Å². The third kappa shape index (κ3) is 5.69. The number of nitrogens with zero attached hydrogens (tertiary/aromatic N) is 1. The number of carbonyl (C=O) groups excluding carboxylic acids is 1. The SMILES string of the molecule is CC(C)c1ccc(S(=O)(=O)NCCC(=O)N2CC[C@@H]3CNC[C@@H]3CC2)cc1.Cl. The molecule has 2 saturated heterocycles. The van der Waals surface area contributed by atoms with Crippen LogP contribution in [0, 0.1) is 11.8 Å². The molecule has 8 heteroatoms. The van der Waals surface area contributed by atoms with Crippen LogP contribution in [0.1, 0.15) is 44.6 Å². The average Bonchev–Trinajstić information content (AvgIpc) is 2.99. The summed E-state index contributed by atoms with van der Waals surface area (Å²) in [6.07, 6.45) is 2.28. The van der Waals surface area contributed by atoms with Gasteiger partial charge in [-0.2, -0.15) is 0 Å². The van der Waals surface area contributed by atoms with E-state index in [1.807, 2.05) is 17.0 Å². The van der Waals surface area contributed by atoms with Crippen LogP contribution in [0.2, 0.25) is 0 Å². The normalized spacial score (nSPS) is 22.5. The van der Waals surface area contributed by atoms with Crippen molar-refractivity contribution in [3.05, 3.63) is 29.8 Å². The quantitative estimate of drug-likeness (QED) is 0.727. The Labute approximate surface area is 174 Å². The largest absolute Gasteiger partial charge is 0.343 e. The lowest BCUT2D eigenvalue weighted by Gasteiger charge is -2.21. The molecule has 0 radical (unpaired) electrons. The molecular weight excluding hydrogens is 398 g/mol. The molecule has 2 fully saturated rings. The molecule has 0 bridgehead atoms. The van der Waals surface area contributed by atoms with Crippen LogP contribution in [0.5, 0.6) is 0 Å². The van der Waals surface area contributed by atoms with Crippen LogP contribution in [0.15, 0.2) is 29.2 Å². The zero-order valence-electron chi connectivity index (χ0n) is 16.7. The first-order chi connectivity index (χ1) is 12.9. The molecule has 0 aromatic heterocycles. The lowest BCUT2D eigenvalue weighted by atomic mass is 9.92. The van der Waals surface area contributed by atoms with Crippen molar-refractivity contribution < 1.29 is 13.2 Å². The molecule has 0 saturated carbocycles. The van der Waals surface area contributed by atoms with Gasteiger partial charge >= 0.3 is 0 Å². The minimum Gasteiger partial charge on any atom is -0.343 e. The van der Waals surface area contributed by atoms with E-state index >= 15 is 0 Å². The predicted molar refractivity (Wildman–Crippen MR) is 113 cm³/mol. The average molecular weight is 430 g/mol. The summed E-state index contributed by atoms with van der Waals surface area (Å²) >= 11 is 0. The summed E-state index contributed by atoms with van der Waals surface area (Å²) in [6, 6.07) is 6.93. The molecular formula is C20H32ClN3O3S. The lowest BCUT2D eigenvalue weighted by molar-refractivity contribution is -0.131. The third-order valence-electron chi connectivity index (χ3n) is 5.86. The van der Waals surface area contributed by atoms with Crippen molar-refractivity contribution in [3.63, 3.8) is 0 Å². The highest BCUT2D eigenvalue weighted by atomic mass is 35.5. The molecule has 2 aliphatic heterocycles. The summed E-state index contributed by atoms with van der Waals surface area (Å²) in [5.74, 6) is 1.75. The molecule has 2 aliphatic rings. The van der Waals surface area contributed by atoms with Crippen LogP contribution in [0.3, 0.4) is 0 Å². The molecule has 158 valence electrons. The first-order valence-electron chi connectivity index (χ1n) is 9.95. The van der Waals surface area contributed by atoms with Gasteiger partial charge in [-0.25, -0.2) is 13.1 Å². The summed E-state index contributed by atoms with van der Waals surface area (Å²) in [5.41, 5.74) is 1.10. The van der Waals surface area contributed by atoms with E-state index < -0.39 is 10.0 Å². The molecule has 28 heavy (non-hydrogen) atoms.